The van der Waals surface area contributed by atoms with Gasteiger partial charge in [0.2, 0.25) is 0 Å². The average Bonchev–Trinajstić information content (AvgIpc) is 2.92. The molecule has 1 aliphatic carbocycles. The Hall–Kier alpha value is -0.930. The van der Waals surface area contributed by atoms with Crippen molar-refractivity contribution in [2.24, 2.45) is 5.73 Å². The van der Waals surface area contributed by atoms with E-state index in [1.54, 1.807) is 0 Å². The van der Waals surface area contributed by atoms with E-state index in [2.05, 4.69) is 6.07 Å². The standard InChI is InChI=1S/C14H18FNO/c15-13(6-7-17-10-13)9-11-2-1-3-12(8-11)14(16)4-5-14/h1-3,8H,4-7,9-10,16H2. The summed E-state index contributed by atoms with van der Waals surface area (Å²) < 4.78 is 19.4. The first-order chi connectivity index (χ1) is 8.10. The van der Waals surface area contributed by atoms with Gasteiger partial charge in [-0.25, -0.2) is 4.39 Å². The van der Waals surface area contributed by atoms with Crippen molar-refractivity contribution in [2.45, 2.75) is 36.9 Å². The summed E-state index contributed by atoms with van der Waals surface area (Å²) in [5.74, 6) is 0. The molecule has 2 fully saturated rings. The second-order valence-electron chi connectivity index (χ2n) is 5.49. The maximum Gasteiger partial charge on any atom is 0.140 e. The van der Waals surface area contributed by atoms with Crippen molar-refractivity contribution < 1.29 is 9.13 Å². The maximum atomic E-state index is 14.3. The van der Waals surface area contributed by atoms with Gasteiger partial charge in [-0.2, -0.15) is 0 Å². The monoisotopic (exact) mass is 235 g/mol. The molecule has 92 valence electrons. The van der Waals surface area contributed by atoms with Gasteiger partial charge in [0.15, 0.2) is 0 Å². The lowest BCUT2D eigenvalue weighted by molar-refractivity contribution is 0.112. The molecular weight excluding hydrogens is 217 g/mol. The third-order valence-electron chi connectivity index (χ3n) is 3.87. The van der Waals surface area contributed by atoms with Crippen molar-refractivity contribution in [1.29, 1.82) is 0 Å². The van der Waals surface area contributed by atoms with Gasteiger partial charge >= 0.3 is 0 Å². The summed E-state index contributed by atoms with van der Waals surface area (Å²) >= 11 is 0. The van der Waals surface area contributed by atoms with E-state index in [9.17, 15) is 4.39 Å². The van der Waals surface area contributed by atoms with E-state index in [0.717, 1.165) is 24.0 Å². The molecule has 1 saturated heterocycles. The number of hydrogen-bond acceptors (Lipinski definition) is 2. The molecule has 1 aliphatic heterocycles. The highest BCUT2D eigenvalue weighted by Gasteiger charge is 2.40. The van der Waals surface area contributed by atoms with Crippen molar-refractivity contribution in [3.05, 3.63) is 35.4 Å². The number of nitrogens with two attached hydrogens (primary N) is 1. The zero-order valence-corrected chi connectivity index (χ0v) is 9.92. The number of rotatable bonds is 3. The first-order valence-corrected chi connectivity index (χ1v) is 6.25. The van der Waals surface area contributed by atoms with Gasteiger partial charge in [0.05, 0.1) is 6.61 Å². The SMILES string of the molecule is NC1(c2cccc(CC3(F)CCOC3)c2)CC1. The molecule has 2 aliphatic rings. The Morgan fingerprint density at radius 2 is 2.12 bits per heavy atom. The van der Waals surface area contributed by atoms with Crippen molar-refractivity contribution in [3.8, 4) is 0 Å². The van der Waals surface area contributed by atoms with Gasteiger partial charge in [0.1, 0.15) is 5.67 Å². The van der Waals surface area contributed by atoms with Gasteiger partial charge in [0.25, 0.3) is 0 Å². The van der Waals surface area contributed by atoms with Gasteiger partial charge < -0.3 is 10.5 Å². The molecule has 1 saturated carbocycles. The summed E-state index contributed by atoms with van der Waals surface area (Å²) in [4.78, 5) is 0. The maximum absolute atomic E-state index is 14.3. The van der Waals surface area contributed by atoms with Crippen molar-refractivity contribution in [1.82, 2.24) is 0 Å². The predicted molar refractivity (Wildman–Crippen MR) is 64.5 cm³/mol. The van der Waals surface area contributed by atoms with E-state index in [-0.39, 0.29) is 12.1 Å². The molecule has 1 atom stereocenters. The number of halogens is 1. The summed E-state index contributed by atoms with van der Waals surface area (Å²) in [7, 11) is 0. The third kappa shape index (κ3) is 2.22. The van der Waals surface area contributed by atoms with Crippen molar-refractivity contribution in [3.63, 3.8) is 0 Å². The van der Waals surface area contributed by atoms with Crippen molar-refractivity contribution >= 4 is 0 Å². The summed E-state index contributed by atoms with van der Waals surface area (Å²) in [5, 5.41) is 0. The van der Waals surface area contributed by atoms with Crippen LogP contribution in [-0.4, -0.2) is 18.9 Å². The molecule has 1 heterocycles. The van der Waals surface area contributed by atoms with Gasteiger partial charge in [-0.1, -0.05) is 24.3 Å². The van der Waals surface area contributed by atoms with Crippen LogP contribution in [0.2, 0.25) is 0 Å². The highest BCUT2D eigenvalue weighted by Crippen LogP contribution is 2.43. The van der Waals surface area contributed by atoms with E-state index in [0.29, 0.717) is 19.4 Å². The fraction of sp³-hybridized carbons (Fsp3) is 0.571. The minimum absolute atomic E-state index is 0.133. The molecule has 1 unspecified atom stereocenters. The summed E-state index contributed by atoms with van der Waals surface area (Å²) in [6.07, 6.45) is 3.03. The quantitative estimate of drug-likeness (QED) is 0.872. The van der Waals surface area contributed by atoms with Crippen LogP contribution >= 0.6 is 0 Å². The lowest BCUT2D eigenvalue weighted by Crippen LogP contribution is -2.26. The highest BCUT2D eigenvalue weighted by atomic mass is 19.1. The van der Waals surface area contributed by atoms with Gasteiger partial charge in [-0.3, -0.25) is 0 Å². The van der Waals surface area contributed by atoms with Crippen LogP contribution in [0.25, 0.3) is 0 Å². The van der Waals surface area contributed by atoms with Crippen LogP contribution in [0.1, 0.15) is 30.4 Å². The Bertz CT molecular complexity index is 422. The second kappa shape index (κ2) is 3.79. The summed E-state index contributed by atoms with van der Waals surface area (Å²) in [5.41, 5.74) is 7.03. The van der Waals surface area contributed by atoms with Crippen LogP contribution in [0.15, 0.2) is 24.3 Å². The topological polar surface area (TPSA) is 35.2 Å². The Morgan fingerprint density at radius 1 is 1.29 bits per heavy atom. The first kappa shape index (κ1) is 11.2. The number of ether oxygens (including phenoxy) is 1. The Morgan fingerprint density at radius 3 is 2.76 bits per heavy atom. The van der Waals surface area contributed by atoms with Crippen LogP contribution in [0.4, 0.5) is 4.39 Å². The van der Waals surface area contributed by atoms with Crippen LogP contribution in [0.5, 0.6) is 0 Å². The molecule has 1 aromatic rings. The molecule has 0 radical (unpaired) electrons. The fourth-order valence-corrected chi connectivity index (χ4v) is 2.50. The molecule has 3 rings (SSSR count). The number of hydrogen-bond donors (Lipinski definition) is 1. The molecule has 0 spiro atoms. The van der Waals surface area contributed by atoms with E-state index >= 15 is 0 Å². The molecule has 0 amide bonds. The smallest absolute Gasteiger partial charge is 0.140 e. The van der Waals surface area contributed by atoms with Crippen molar-refractivity contribution in [2.75, 3.05) is 13.2 Å². The summed E-state index contributed by atoms with van der Waals surface area (Å²) in [6.45, 7) is 0.766. The minimum Gasteiger partial charge on any atom is -0.378 e. The highest BCUT2D eigenvalue weighted by molar-refractivity contribution is 5.34. The molecule has 0 bridgehead atoms. The van der Waals surface area contributed by atoms with Gasteiger partial charge in [0, 0.05) is 25.0 Å². The Balaban J connectivity index is 1.79. The zero-order valence-electron chi connectivity index (χ0n) is 9.92. The number of alkyl halides is 1. The second-order valence-corrected chi connectivity index (χ2v) is 5.49. The van der Waals surface area contributed by atoms with Gasteiger partial charge in [-0.15, -0.1) is 0 Å². The third-order valence-corrected chi connectivity index (χ3v) is 3.87. The Labute approximate surface area is 101 Å². The molecule has 2 N–H and O–H groups in total. The summed E-state index contributed by atoms with van der Waals surface area (Å²) in [6, 6.07) is 8.07. The average molecular weight is 235 g/mol. The van der Waals surface area contributed by atoms with Crippen LogP contribution in [-0.2, 0) is 16.7 Å². The lowest BCUT2D eigenvalue weighted by Gasteiger charge is -2.18. The van der Waals surface area contributed by atoms with E-state index in [1.807, 2.05) is 18.2 Å². The first-order valence-electron chi connectivity index (χ1n) is 6.25. The normalized spacial score (nSPS) is 30.5. The Kier molecular flexibility index (Phi) is 2.49. The fourth-order valence-electron chi connectivity index (χ4n) is 2.50. The van der Waals surface area contributed by atoms with Gasteiger partial charge in [-0.05, 0) is 24.0 Å². The van der Waals surface area contributed by atoms with E-state index < -0.39 is 5.67 Å². The van der Waals surface area contributed by atoms with Crippen LogP contribution in [0, 0.1) is 0 Å². The molecule has 3 heteroatoms. The minimum atomic E-state index is -1.18. The molecule has 2 nitrogen and oxygen atoms in total. The van der Waals surface area contributed by atoms with Crippen LogP contribution in [0.3, 0.4) is 0 Å². The lowest BCUT2D eigenvalue weighted by atomic mass is 9.93. The number of benzene rings is 1. The molecular formula is C14H18FNO. The zero-order chi connectivity index (χ0) is 11.9. The van der Waals surface area contributed by atoms with E-state index in [4.69, 9.17) is 10.5 Å². The van der Waals surface area contributed by atoms with Crippen LogP contribution < -0.4 is 5.73 Å². The molecule has 17 heavy (non-hydrogen) atoms. The predicted octanol–water partition coefficient (Wildman–Crippen LogP) is 2.31. The van der Waals surface area contributed by atoms with E-state index in [1.165, 1.54) is 0 Å². The molecule has 1 aromatic carbocycles. The molecule has 0 aromatic heterocycles. The largest absolute Gasteiger partial charge is 0.378 e.